The predicted molar refractivity (Wildman–Crippen MR) is 69.5 cm³/mol. The number of aromatic amines is 1. The van der Waals surface area contributed by atoms with Crippen molar-refractivity contribution in [3.05, 3.63) is 42.0 Å². The number of hydrogen-bond donors (Lipinski definition) is 2. The van der Waals surface area contributed by atoms with Crippen LogP contribution in [0, 0.1) is 0 Å². The molecule has 0 unspecified atom stereocenters. The molecule has 5 nitrogen and oxygen atoms in total. The first-order valence-electron chi connectivity index (χ1n) is 6.05. The fourth-order valence-corrected chi connectivity index (χ4v) is 2.19. The average molecular weight is 244 g/mol. The first kappa shape index (κ1) is 11.1. The molecule has 0 saturated carbocycles. The highest BCUT2D eigenvalue weighted by Crippen LogP contribution is 2.33. The number of H-pyrrole nitrogens is 1. The molecule has 5 heteroatoms. The van der Waals surface area contributed by atoms with Crippen LogP contribution in [0.4, 0.5) is 5.69 Å². The number of rotatable bonds is 3. The zero-order valence-corrected chi connectivity index (χ0v) is 10.1. The standard InChI is InChI=1S/C13H16N4O/c14-6-10-1-2-13-12(5-10)17(3-4-18-13)8-11-7-15-9-16-11/h1-2,5,7,9H,3-4,6,8,14H2,(H,15,16). The number of nitrogens with one attached hydrogen (secondary N) is 1. The molecule has 0 radical (unpaired) electrons. The smallest absolute Gasteiger partial charge is 0.142 e. The van der Waals surface area contributed by atoms with Gasteiger partial charge in [-0.05, 0) is 17.7 Å². The Morgan fingerprint density at radius 3 is 3.17 bits per heavy atom. The van der Waals surface area contributed by atoms with E-state index in [1.807, 2.05) is 18.3 Å². The Hall–Kier alpha value is -2.01. The van der Waals surface area contributed by atoms with Gasteiger partial charge >= 0.3 is 0 Å². The van der Waals surface area contributed by atoms with Gasteiger partial charge in [0.1, 0.15) is 12.4 Å². The lowest BCUT2D eigenvalue weighted by atomic mass is 10.1. The van der Waals surface area contributed by atoms with E-state index < -0.39 is 0 Å². The van der Waals surface area contributed by atoms with Gasteiger partial charge in [0.15, 0.2) is 0 Å². The lowest BCUT2D eigenvalue weighted by Gasteiger charge is -2.31. The van der Waals surface area contributed by atoms with Crippen LogP contribution in [0.1, 0.15) is 11.3 Å². The number of nitrogens with two attached hydrogens (primary N) is 1. The maximum Gasteiger partial charge on any atom is 0.142 e. The summed E-state index contributed by atoms with van der Waals surface area (Å²) in [7, 11) is 0. The zero-order chi connectivity index (χ0) is 12.4. The van der Waals surface area contributed by atoms with Gasteiger partial charge in [0, 0.05) is 12.7 Å². The SMILES string of the molecule is NCc1ccc2c(c1)N(Cc1cnc[nH]1)CCO2. The van der Waals surface area contributed by atoms with E-state index in [0.29, 0.717) is 13.2 Å². The average Bonchev–Trinajstić information content (AvgIpc) is 2.91. The van der Waals surface area contributed by atoms with Crippen LogP contribution in [0.5, 0.6) is 5.75 Å². The molecule has 1 aliphatic heterocycles. The molecule has 3 N–H and O–H groups in total. The van der Waals surface area contributed by atoms with Crippen molar-refractivity contribution < 1.29 is 4.74 Å². The Kier molecular flexibility index (Phi) is 2.90. The Morgan fingerprint density at radius 1 is 1.44 bits per heavy atom. The molecule has 0 fully saturated rings. The van der Waals surface area contributed by atoms with Gasteiger partial charge in [-0.25, -0.2) is 4.98 Å². The number of benzene rings is 1. The second-order valence-electron chi connectivity index (χ2n) is 4.35. The van der Waals surface area contributed by atoms with Gasteiger partial charge < -0.3 is 20.4 Å². The maximum absolute atomic E-state index is 5.69. The van der Waals surface area contributed by atoms with E-state index in [9.17, 15) is 0 Å². The molecule has 1 aromatic carbocycles. The Labute approximate surface area is 106 Å². The summed E-state index contributed by atoms with van der Waals surface area (Å²) in [5.74, 6) is 0.929. The molecule has 2 heterocycles. The Bertz CT molecular complexity index is 524. The predicted octanol–water partition coefficient (Wildman–Crippen LogP) is 1.27. The molecule has 0 bridgehead atoms. The topological polar surface area (TPSA) is 67.2 Å². The molecule has 0 aliphatic carbocycles. The molecule has 0 atom stereocenters. The molecule has 94 valence electrons. The van der Waals surface area contributed by atoms with Crippen molar-refractivity contribution in [3.8, 4) is 5.75 Å². The van der Waals surface area contributed by atoms with Crippen LogP contribution >= 0.6 is 0 Å². The Balaban J connectivity index is 1.90. The minimum Gasteiger partial charge on any atom is -0.490 e. The normalized spacial score (nSPS) is 14.2. The third kappa shape index (κ3) is 2.04. The van der Waals surface area contributed by atoms with Crippen LogP contribution in [0.2, 0.25) is 0 Å². The van der Waals surface area contributed by atoms with E-state index >= 15 is 0 Å². The molecule has 1 aliphatic rings. The highest BCUT2D eigenvalue weighted by molar-refractivity contribution is 5.61. The fourth-order valence-electron chi connectivity index (χ4n) is 2.19. The quantitative estimate of drug-likeness (QED) is 0.853. The van der Waals surface area contributed by atoms with Gasteiger partial charge in [0.25, 0.3) is 0 Å². The molecule has 1 aromatic heterocycles. The lowest BCUT2D eigenvalue weighted by Crippen LogP contribution is -2.32. The second-order valence-corrected chi connectivity index (χ2v) is 4.35. The summed E-state index contributed by atoms with van der Waals surface area (Å²) >= 11 is 0. The summed E-state index contributed by atoms with van der Waals surface area (Å²) in [5, 5.41) is 0. The van der Waals surface area contributed by atoms with Crippen LogP contribution in [0.15, 0.2) is 30.7 Å². The van der Waals surface area contributed by atoms with E-state index in [4.69, 9.17) is 10.5 Å². The first-order valence-corrected chi connectivity index (χ1v) is 6.05. The van der Waals surface area contributed by atoms with Crippen LogP contribution in [0.25, 0.3) is 0 Å². The number of aromatic nitrogens is 2. The molecule has 18 heavy (non-hydrogen) atoms. The third-order valence-electron chi connectivity index (χ3n) is 3.13. The number of ether oxygens (including phenoxy) is 1. The molecular weight excluding hydrogens is 228 g/mol. The van der Waals surface area contributed by atoms with Crippen molar-refractivity contribution in [2.45, 2.75) is 13.1 Å². The monoisotopic (exact) mass is 244 g/mol. The van der Waals surface area contributed by atoms with Crippen molar-refractivity contribution in [3.63, 3.8) is 0 Å². The summed E-state index contributed by atoms with van der Waals surface area (Å²) in [6.45, 7) is 2.94. The van der Waals surface area contributed by atoms with E-state index in [0.717, 1.165) is 35.8 Å². The number of nitrogens with zero attached hydrogens (tertiary/aromatic N) is 2. The lowest BCUT2D eigenvalue weighted by molar-refractivity contribution is 0.306. The van der Waals surface area contributed by atoms with Crippen molar-refractivity contribution in [2.75, 3.05) is 18.1 Å². The summed E-state index contributed by atoms with van der Waals surface area (Å²) < 4.78 is 5.66. The molecule has 0 amide bonds. The van der Waals surface area contributed by atoms with Gasteiger partial charge in [0.2, 0.25) is 0 Å². The van der Waals surface area contributed by atoms with Gasteiger partial charge in [-0.15, -0.1) is 0 Å². The van der Waals surface area contributed by atoms with Crippen LogP contribution in [-0.4, -0.2) is 23.1 Å². The van der Waals surface area contributed by atoms with E-state index in [1.54, 1.807) is 6.33 Å². The van der Waals surface area contributed by atoms with E-state index in [1.165, 1.54) is 0 Å². The van der Waals surface area contributed by atoms with Crippen molar-refractivity contribution in [2.24, 2.45) is 5.73 Å². The fraction of sp³-hybridized carbons (Fsp3) is 0.308. The number of anilines is 1. The minimum absolute atomic E-state index is 0.547. The van der Waals surface area contributed by atoms with Crippen LogP contribution in [-0.2, 0) is 13.1 Å². The highest BCUT2D eigenvalue weighted by atomic mass is 16.5. The number of hydrogen-bond acceptors (Lipinski definition) is 4. The summed E-state index contributed by atoms with van der Waals surface area (Å²) in [5.41, 5.74) is 9.02. The van der Waals surface area contributed by atoms with Crippen molar-refractivity contribution in [1.82, 2.24) is 9.97 Å². The van der Waals surface area contributed by atoms with Crippen molar-refractivity contribution in [1.29, 1.82) is 0 Å². The van der Waals surface area contributed by atoms with Gasteiger partial charge in [-0.2, -0.15) is 0 Å². The summed E-state index contributed by atoms with van der Waals surface area (Å²) in [4.78, 5) is 9.45. The molecule has 2 aromatic rings. The van der Waals surface area contributed by atoms with Crippen molar-refractivity contribution >= 4 is 5.69 Å². The van der Waals surface area contributed by atoms with E-state index in [2.05, 4.69) is 20.9 Å². The highest BCUT2D eigenvalue weighted by Gasteiger charge is 2.18. The molecule has 3 rings (SSSR count). The van der Waals surface area contributed by atoms with Gasteiger partial charge in [-0.1, -0.05) is 6.07 Å². The van der Waals surface area contributed by atoms with Crippen LogP contribution in [0.3, 0.4) is 0 Å². The summed E-state index contributed by atoms with van der Waals surface area (Å²) in [6, 6.07) is 6.11. The Morgan fingerprint density at radius 2 is 2.39 bits per heavy atom. The number of fused-ring (bicyclic) bond motifs is 1. The first-order chi connectivity index (χ1) is 8.86. The van der Waals surface area contributed by atoms with Gasteiger partial charge in [-0.3, -0.25) is 0 Å². The number of imidazole rings is 1. The van der Waals surface area contributed by atoms with Crippen LogP contribution < -0.4 is 15.4 Å². The van der Waals surface area contributed by atoms with Gasteiger partial charge in [0.05, 0.1) is 30.8 Å². The second kappa shape index (κ2) is 4.70. The largest absolute Gasteiger partial charge is 0.490 e. The minimum atomic E-state index is 0.547. The third-order valence-corrected chi connectivity index (χ3v) is 3.13. The maximum atomic E-state index is 5.69. The molecular formula is C13H16N4O. The summed E-state index contributed by atoms with van der Waals surface area (Å²) in [6.07, 6.45) is 3.55. The zero-order valence-electron chi connectivity index (χ0n) is 10.1. The van der Waals surface area contributed by atoms with E-state index in [-0.39, 0.29) is 0 Å². The molecule has 0 spiro atoms. The molecule has 0 saturated heterocycles.